The third-order valence-electron chi connectivity index (χ3n) is 2.98. The molecule has 0 radical (unpaired) electrons. The third kappa shape index (κ3) is 2.56. The molecule has 0 aliphatic heterocycles. The van der Waals surface area contributed by atoms with Crippen LogP contribution in [0.1, 0.15) is 18.7 Å². The first-order valence-corrected chi connectivity index (χ1v) is 6.47. The number of nitrogens with one attached hydrogen (secondary N) is 1. The van der Waals surface area contributed by atoms with Gasteiger partial charge in [0.25, 0.3) is 0 Å². The molecule has 3 nitrogen and oxygen atoms in total. The summed E-state index contributed by atoms with van der Waals surface area (Å²) in [5.41, 5.74) is 1.83. The number of aromatic nitrogens is 1. The molecule has 0 saturated heterocycles. The lowest BCUT2D eigenvalue weighted by atomic mass is 10.2. The summed E-state index contributed by atoms with van der Waals surface area (Å²) in [6, 6.07) is 13.8. The molecule has 1 atom stereocenters. The van der Waals surface area contributed by atoms with E-state index in [9.17, 15) is 0 Å². The minimum Gasteiger partial charge on any atom is -0.459 e. The van der Waals surface area contributed by atoms with Crippen molar-refractivity contribution in [2.24, 2.45) is 0 Å². The lowest BCUT2D eigenvalue weighted by molar-refractivity contribution is 0.526. The third-order valence-corrected chi connectivity index (χ3v) is 3.19. The van der Waals surface area contributed by atoms with Crippen molar-refractivity contribution < 1.29 is 4.42 Å². The van der Waals surface area contributed by atoms with Gasteiger partial charge >= 0.3 is 0 Å². The highest BCUT2D eigenvalue weighted by atomic mass is 35.5. The predicted molar refractivity (Wildman–Crippen MR) is 77.5 cm³/mol. The van der Waals surface area contributed by atoms with Crippen LogP contribution in [0, 0.1) is 0 Å². The van der Waals surface area contributed by atoms with Gasteiger partial charge in [-0.3, -0.25) is 0 Å². The second-order valence-electron chi connectivity index (χ2n) is 4.42. The number of rotatable bonds is 3. The Morgan fingerprint density at radius 2 is 2.05 bits per heavy atom. The van der Waals surface area contributed by atoms with Gasteiger partial charge in [-0.05, 0) is 31.2 Å². The zero-order chi connectivity index (χ0) is 13.2. The van der Waals surface area contributed by atoms with Crippen LogP contribution in [0.2, 0.25) is 5.15 Å². The molecule has 1 aromatic carbocycles. The SMILES string of the molecule is C[C@@H](Nc1ccnc(Cl)c1)c1cc2ccccc2o1. The average Bonchev–Trinajstić information content (AvgIpc) is 2.82. The molecule has 0 amide bonds. The van der Waals surface area contributed by atoms with Gasteiger partial charge in [-0.15, -0.1) is 0 Å². The number of nitrogens with zero attached hydrogens (tertiary/aromatic N) is 1. The first kappa shape index (κ1) is 12.1. The van der Waals surface area contributed by atoms with Crippen molar-refractivity contribution in [3.8, 4) is 0 Å². The fourth-order valence-electron chi connectivity index (χ4n) is 2.03. The van der Waals surface area contributed by atoms with Crippen LogP contribution in [-0.2, 0) is 0 Å². The van der Waals surface area contributed by atoms with Crippen LogP contribution in [0.5, 0.6) is 0 Å². The standard InChI is InChI=1S/C15H13ClN2O/c1-10(18-12-6-7-17-15(16)9-12)14-8-11-4-2-3-5-13(11)19-14/h2-10H,1H3,(H,17,18)/t10-/m1/s1. The van der Waals surface area contributed by atoms with Gasteiger partial charge in [0.05, 0.1) is 6.04 Å². The first-order chi connectivity index (χ1) is 9.22. The number of pyridine rings is 1. The van der Waals surface area contributed by atoms with Crippen LogP contribution in [0.4, 0.5) is 5.69 Å². The molecule has 0 aliphatic rings. The number of hydrogen-bond donors (Lipinski definition) is 1. The van der Waals surface area contributed by atoms with Crippen LogP contribution < -0.4 is 5.32 Å². The van der Waals surface area contributed by atoms with Crippen molar-refractivity contribution in [2.45, 2.75) is 13.0 Å². The maximum Gasteiger partial charge on any atom is 0.134 e. The highest BCUT2D eigenvalue weighted by Crippen LogP contribution is 2.26. The Morgan fingerprint density at radius 1 is 1.21 bits per heavy atom. The summed E-state index contributed by atoms with van der Waals surface area (Å²) in [6.07, 6.45) is 1.68. The van der Waals surface area contributed by atoms with Gasteiger partial charge in [-0.25, -0.2) is 4.98 Å². The smallest absolute Gasteiger partial charge is 0.134 e. The first-order valence-electron chi connectivity index (χ1n) is 6.09. The fourth-order valence-corrected chi connectivity index (χ4v) is 2.20. The second kappa shape index (κ2) is 4.94. The predicted octanol–water partition coefficient (Wildman–Crippen LogP) is 4.65. The number of para-hydroxylation sites is 1. The van der Waals surface area contributed by atoms with Gasteiger partial charge < -0.3 is 9.73 Å². The molecule has 0 bridgehead atoms. The van der Waals surface area contributed by atoms with Crippen LogP contribution in [0.15, 0.2) is 53.1 Å². The zero-order valence-electron chi connectivity index (χ0n) is 10.4. The molecule has 19 heavy (non-hydrogen) atoms. The molecule has 0 aliphatic carbocycles. The van der Waals surface area contributed by atoms with Crippen LogP contribution in [-0.4, -0.2) is 4.98 Å². The molecule has 1 N–H and O–H groups in total. The minimum atomic E-state index is 0.0610. The van der Waals surface area contributed by atoms with Gasteiger partial charge in [0.15, 0.2) is 0 Å². The van der Waals surface area contributed by atoms with E-state index in [1.165, 1.54) is 0 Å². The van der Waals surface area contributed by atoms with E-state index in [-0.39, 0.29) is 6.04 Å². The number of fused-ring (bicyclic) bond motifs is 1. The summed E-state index contributed by atoms with van der Waals surface area (Å²) in [5, 5.41) is 4.93. The lowest BCUT2D eigenvalue weighted by Crippen LogP contribution is -2.05. The van der Waals surface area contributed by atoms with Crippen molar-refractivity contribution in [1.29, 1.82) is 0 Å². The molecule has 3 rings (SSSR count). The average molecular weight is 273 g/mol. The summed E-state index contributed by atoms with van der Waals surface area (Å²) in [6.45, 7) is 2.05. The maximum absolute atomic E-state index is 5.86. The van der Waals surface area contributed by atoms with Gasteiger partial charge in [-0.2, -0.15) is 0 Å². The number of furan rings is 1. The largest absolute Gasteiger partial charge is 0.459 e. The molecular formula is C15H13ClN2O. The minimum absolute atomic E-state index is 0.0610. The summed E-state index contributed by atoms with van der Waals surface area (Å²) in [5.74, 6) is 0.897. The normalized spacial score (nSPS) is 12.5. The van der Waals surface area contributed by atoms with Gasteiger partial charge in [-0.1, -0.05) is 29.8 Å². The van der Waals surface area contributed by atoms with E-state index in [0.717, 1.165) is 22.4 Å². The van der Waals surface area contributed by atoms with E-state index in [2.05, 4.69) is 16.4 Å². The van der Waals surface area contributed by atoms with Crippen LogP contribution in [0.25, 0.3) is 11.0 Å². The summed E-state index contributed by atoms with van der Waals surface area (Å²) in [7, 11) is 0. The van der Waals surface area contributed by atoms with E-state index in [0.29, 0.717) is 5.15 Å². The Labute approximate surface area is 116 Å². The fraction of sp³-hybridized carbons (Fsp3) is 0.133. The van der Waals surface area contributed by atoms with Gasteiger partial charge in [0.2, 0.25) is 0 Å². The van der Waals surface area contributed by atoms with Crippen molar-refractivity contribution in [3.05, 3.63) is 59.6 Å². The number of hydrogen-bond acceptors (Lipinski definition) is 3. The van der Waals surface area contributed by atoms with Crippen molar-refractivity contribution in [2.75, 3.05) is 5.32 Å². The van der Waals surface area contributed by atoms with Gasteiger partial charge in [0, 0.05) is 17.3 Å². The van der Waals surface area contributed by atoms with E-state index in [1.807, 2.05) is 37.3 Å². The summed E-state index contributed by atoms with van der Waals surface area (Å²) in [4.78, 5) is 3.96. The van der Waals surface area contributed by atoms with Crippen LogP contribution >= 0.6 is 11.6 Å². The second-order valence-corrected chi connectivity index (χ2v) is 4.81. The van der Waals surface area contributed by atoms with Crippen molar-refractivity contribution in [1.82, 2.24) is 4.98 Å². The van der Waals surface area contributed by atoms with E-state index >= 15 is 0 Å². The Kier molecular flexibility index (Phi) is 3.13. The highest BCUT2D eigenvalue weighted by molar-refractivity contribution is 6.29. The maximum atomic E-state index is 5.86. The molecule has 2 aromatic heterocycles. The zero-order valence-corrected chi connectivity index (χ0v) is 11.2. The lowest BCUT2D eigenvalue weighted by Gasteiger charge is -2.12. The molecule has 0 fully saturated rings. The number of benzene rings is 1. The Morgan fingerprint density at radius 3 is 2.84 bits per heavy atom. The molecule has 0 saturated carbocycles. The van der Waals surface area contributed by atoms with Crippen molar-refractivity contribution >= 4 is 28.3 Å². The highest BCUT2D eigenvalue weighted by Gasteiger charge is 2.11. The Hall–Kier alpha value is -2.00. The number of anilines is 1. The molecule has 4 heteroatoms. The molecular weight excluding hydrogens is 260 g/mol. The molecule has 3 aromatic rings. The summed E-state index contributed by atoms with van der Waals surface area (Å²) < 4.78 is 5.82. The quantitative estimate of drug-likeness (QED) is 0.705. The Bertz CT molecular complexity index is 675. The number of halogens is 1. The Balaban J connectivity index is 1.85. The molecule has 96 valence electrons. The van der Waals surface area contributed by atoms with E-state index in [4.69, 9.17) is 16.0 Å². The molecule has 2 heterocycles. The van der Waals surface area contributed by atoms with Gasteiger partial charge in [0.1, 0.15) is 16.5 Å². The van der Waals surface area contributed by atoms with E-state index in [1.54, 1.807) is 12.3 Å². The topological polar surface area (TPSA) is 38.1 Å². The summed E-state index contributed by atoms with van der Waals surface area (Å²) >= 11 is 5.86. The molecule has 0 spiro atoms. The monoisotopic (exact) mass is 272 g/mol. The molecule has 0 unspecified atom stereocenters. The van der Waals surface area contributed by atoms with Crippen molar-refractivity contribution in [3.63, 3.8) is 0 Å². The van der Waals surface area contributed by atoms with E-state index < -0.39 is 0 Å². The van der Waals surface area contributed by atoms with Crippen LogP contribution in [0.3, 0.4) is 0 Å².